The average Bonchev–Trinajstić information content (AvgIpc) is 2.89. The summed E-state index contributed by atoms with van der Waals surface area (Å²) in [6.45, 7) is 2.92. The Morgan fingerprint density at radius 2 is 2.10 bits per heavy atom. The largest absolute Gasteiger partial charge is 0.502 e. The molecule has 0 saturated carbocycles. The Morgan fingerprint density at radius 3 is 2.86 bits per heavy atom. The molecular formula is C17H28O3S. The number of rotatable bonds is 11. The van der Waals surface area contributed by atoms with Gasteiger partial charge in [0.1, 0.15) is 0 Å². The van der Waals surface area contributed by atoms with Crippen molar-refractivity contribution >= 4 is 17.7 Å². The lowest BCUT2D eigenvalue weighted by Crippen LogP contribution is -2.13. The number of ether oxygens (including phenoxy) is 1. The van der Waals surface area contributed by atoms with Gasteiger partial charge in [0.15, 0.2) is 0 Å². The second-order valence-corrected chi connectivity index (χ2v) is 6.57. The number of carboxylic acid groups (broad SMARTS) is 1. The Bertz CT molecular complexity index is 339. The van der Waals surface area contributed by atoms with Crippen molar-refractivity contribution in [3.05, 3.63) is 24.5 Å². The third-order valence-corrected chi connectivity index (χ3v) is 5.06. The van der Waals surface area contributed by atoms with Crippen LogP contribution in [0.3, 0.4) is 0 Å². The van der Waals surface area contributed by atoms with Crippen molar-refractivity contribution in [1.82, 2.24) is 0 Å². The van der Waals surface area contributed by atoms with Crippen molar-refractivity contribution in [3.8, 4) is 0 Å². The van der Waals surface area contributed by atoms with Gasteiger partial charge in [-0.05, 0) is 55.4 Å². The van der Waals surface area contributed by atoms with E-state index in [-0.39, 0.29) is 6.42 Å². The van der Waals surface area contributed by atoms with E-state index < -0.39 is 5.97 Å². The molecule has 0 unspecified atom stereocenters. The highest BCUT2D eigenvalue weighted by molar-refractivity contribution is 7.99. The van der Waals surface area contributed by atoms with Crippen molar-refractivity contribution in [2.24, 2.45) is 11.8 Å². The summed E-state index contributed by atoms with van der Waals surface area (Å²) in [6, 6.07) is 0. The molecule has 0 aromatic carbocycles. The van der Waals surface area contributed by atoms with Crippen molar-refractivity contribution in [2.75, 3.05) is 18.1 Å². The van der Waals surface area contributed by atoms with Crippen LogP contribution >= 0.6 is 11.8 Å². The molecule has 21 heavy (non-hydrogen) atoms. The Balaban J connectivity index is 2.13. The highest BCUT2D eigenvalue weighted by Crippen LogP contribution is 2.34. The first-order valence-corrected chi connectivity index (χ1v) is 9.10. The zero-order valence-electron chi connectivity index (χ0n) is 13.0. The molecule has 0 aliphatic carbocycles. The van der Waals surface area contributed by atoms with Crippen LogP contribution in [-0.2, 0) is 9.53 Å². The van der Waals surface area contributed by atoms with Crippen LogP contribution in [0.15, 0.2) is 24.5 Å². The number of carbonyl (C=O) groups is 1. The Kier molecular flexibility index (Phi) is 10.1. The number of thioether (sulfide) groups is 1. The fourth-order valence-electron chi connectivity index (χ4n) is 2.43. The fourth-order valence-corrected chi connectivity index (χ4v) is 4.02. The lowest BCUT2D eigenvalue weighted by Gasteiger charge is -2.16. The molecule has 1 fully saturated rings. The number of carboxylic acids is 1. The molecule has 120 valence electrons. The number of aliphatic carboxylic acids is 1. The van der Waals surface area contributed by atoms with Crippen LogP contribution in [0.4, 0.5) is 0 Å². The summed E-state index contributed by atoms with van der Waals surface area (Å²) in [4.78, 5) is 10.4. The minimum absolute atomic E-state index is 0.273. The van der Waals surface area contributed by atoms with Crippen LogP contribution in [0, 0.1) is 11.8 Å². The standard InChI is InChI=1S/C17H28O3S/c1-2-3-11-20-12-10-16-14-21-13-15(16)8-6-4-5-7-9-17(18)19/h3-4,6,11,15-16H,2,5,7-10,12-14H2,1H3,(H,18,19)/t15-,16+/m0/s1. The smallest absolute Gasteiger partial charge is 0.303 e. The van der Waals surface area contributed by atoms with E-state index in [0.29, 0.717) is 0 Å². The van der Waals surface area contributed by atoms with E-state index in [1.807, 2.05) is 24.1 Å². The van der Waals surface area contributed by atoms with E-state index in [4.69, 9.17) is 9.84 Å². The number of unbranched alkanes of at least 4 members (excludes halogenated alkanes) is 1. The fraction of sp³-hybridized carbons (Fsp3) is 0.706. The summed E-state index contributed by atoms with van der Waals surface area (Å²) in [5.41, 5.74) is 0. The summed E-state index contributed by atoms with van der Waals surface area (Å²) >= 11 is 2.05. The van der Waals surface area contributed by atoms with Crippen LogP contribution < -0.4 is 0 Å². The summed E-state index contributed by atoms with van der Waals surface area (Å²) < 4.78 is 5.50. The van der Waals surface area contributed by atoms with Gasteiger partial charge in [0, 0.05) is 6.42 Å². The summed E-state index contributed by atoms with van der Waals surface area (Å²) in [5, 5.41) is 8.57. The molecular weight excluding hydrogens is 284 g/mol. The number of allylic oxidation sites excluding steroid dienone is 3. The van der Waals surface area contributed by atoms with Crippen LogP contribution in [0.5, 0.6) is 0 Å². The van der Waals surface area contributed by atoms with E-state index in [0.717, 1.165) is 50.5 Å². The summed E-state index contributed by atoms with van der Waals surface area (Å²) in [7, 11) is 0. The average molecular weight is 312 g/mol. The SMILES string of the molecule is CCC=COCC[C@@H]1CSC[C@@H]1CC=CCCCC(=O)O. The molecule has 0 bridgehead atoms. The predicted octanol–water partition coefficient (Wildman–Crippen LogP) is 4.50. The van der Waals surface area contributed by atoms with Gasteiger partial charge in [-0.25, -0.2) is 0 Å². The van der Waals surface area contributed by atoms with E-state index in [1.165, 1.54) is 11.5 Å². The molecule has 1 aliphatic rings. The second-order valence-electron chi connectivity index (χ2n) is 5.49. The highest BCUT2D eigenvalue weighted by Gasteiger charge is 2.26. The van der Waals surface area contributed by atoms with E-state index in [9.17, 15) is 4.79 Å². The molecule has 1 rings (SSSR count). The Hall–Kier alpha value is -0.900. The quantitative estimate of drug-likeness (QED) is 0.347. The first-order valence-electron chi connectivity index (χ1n) is 7.95. The minimum atomic E-state index is -0.701. The molecule has 0 radical (unpaired) electrons. The molecule has 0 amide bonds. The first kappa shape index (κ1) is 18.1. The topological polar surface area (TPSA) is 46.5 Å². The van der Waals surface area contributed by atoms with Gasteiger partial charge in [0.25, 0.3) is 0 Å². The molecule has 4 heteroatoms. The lowest BCUT2D eigenvalue weighted by atomic mass is 9.90. The number of hydrogen-bond acceptors (Lipinski definition) is 3. The van der Waals surface area contributed by atoms with Gasteiger partial charge < -0.3 is 9.84 Å². The van der Waals surface area contributed by atoms with Gasteiger partial charge in [-0.15, -0.1) is 0 Å². The van der Waals surface area contributed by atoms with Crippen molar-refractivity contribution in [3.63, 3.8) is 0 Å². The van der Waals surface area contributed by atoms with Crippen molar-refractivity contribution in [1.29, 1.82) is 0 Å². The van der Waals surface area contributed by atoms with E-state index >= 15 is 0 Å². The van der Waals surface area contributed by atoms with Crippen LogP contribution in [0.25, 0.3) is 0 Å². The van der Waals surface area contributed by atoms with E-state index in [1.54, 1.807) is 0 Å². The third-order valence-electron chi connectivity index (χ3n) is 3.73. The molecule has 1 N–H and O–H groups in total. The molecule has 0 aromatic rings. The Morgan fingerprint density at radius 1 is 1.29 bits per heavy atom. The molecule has 0 aromatic heterocycles. The van der Waals surface area contributed by atoms with Gasteiger partial charge >= 0.3 is 5.97 Å². The second kappa shape index (κ2) is 11.7. The highest BCUT2D eigenvalue weighted by atomic mass is 32.2. The van der Waals surface area contributed by atoms with Crippen LogP contribution in [0.2, 0.25) is 0 Å². The van der Waals surface area contributed by atoms with Crippen LogP contribution in [0.1, 0.15) is 45.4 Å². The van der Waals surface area contributed by atoms with Crippen molar-refractivity contribution < 1.29 is 14.6 Å². The first-order chi connectivity index (χ1) is 10.2. The summed E-state index contributed by atoms with van der Waals surface area (Å²) in [5.74, 6) is 3.30. The third kappa shape index (κ3) is 8.86. The van der Waals surface area contributed by atoms with E-state index in [2.05, 4.69) is 19.1 Å². The zero-order valence-corrected chi connectivity index (χ0v) is 13.8. The minimum Gasteiger partial charge on any atom is -0.502 e. The molecule has 1 saturated heterocycles. The van der Waals surface area contributed by atoms with Gasteiger partial charge in [-0.1, -0.05) is 25.2 Å². The lowest BCUT2D eigenvalue weighted by molar-refractivity contribution is -0.137. The molecule has 1 heterocycles. The monoisotopic (exact) mass is 312 g/mol. The van der Waals surface area contributed by atoms with Gasteiger partial charge in [-0.2, -0.15) is 11.8 Å². The summed E-state index contributed by atoms with van der Waals surface area (Å²) in [6.07, 6.45) is 13.4. The Labute approximate surface area is 132 Å². The van der Waals surface area contributed by atoms with Crippen LogP contribution in [-0.4, -0.2) is 29.2 Å². The molecule has 0 spiro atoms. The zero-order chi connectivity index (χ0) is 15.3. The van der Waals surface area contributed by atoms with Crippen molar-refractivity contribution in [2.45, 2.75) is 45.4 Å². The number of hydrogen-bond donors (Lipinski definition) is 1. The van der Waals surface area contributed by atoms with Gasteiger partial charge in [0.05, 0.1) is 12.9 Å². The van der Waals surface area contributed by atoms with Gasteiger partial charge in [-0.3, -0.25) is 4.79 Å². The molecule has 3 nitrogen and oxygen atoms in total. The van der Waals surface area contributed by atoms with Gasteiger partial charge in [0.2, 0.25) is 0 Å². The molecule has 2 atom stereocenters. The maximum Gasteiger partial charge on any atom is 0.303 e. The molecule has 1 aliphatic heterocycles. The predicted molar refractivity (Wildman–Crippen MR) is 89.5 cm³/mol. The maximum atomic E-state index is 10.4. The normalized spacial score (nSPS) is 22.3. The maximum absolute atomic E-state index is 10.4.